The van der Waals surface area contributed by atoms with E-state index in [9.17, 15) is 0 Å². The summed E-state index contributed by atoms with van der Waals surface area (Å²) in [6.07, 6.45) is 10.3. The molecule has 0 saturated carbocycles. The minimum atomic E-state index is 1.10. The third-order valence-electron chi connectivity index (χ3n) is 5.93. The van der Waals surface area contributed by atoms with Gasteiger partial charge in [-0.2, -0.15) is 0 Å². The first-order valence-electron chi connectivity index (χ1n) is 12.2. The summed E-state index contributed by atoms with van der Waals surface area (Å²) in [6.45, 7) is 6.81. The van der Waals surface area contributed by atoms with Crippen LogP contribution in [0.15, 0.2) is 66.7 Å². The van der Waals surface area contributed by atoms with Gasteiger partial charge in [-0.15, -0.1) is 0 Å². The van der Waals surface area contributed by atoms with Crippen molar-refractivity contribution in [2.24, 2.45) is 0 Å². The Kier molecular flexibility index (Phi) is 9.52. The second kappa shape index (κ2) is 12.9. The van der Waals surface area contributed by atoms with Crippen LogP contribution in [0.3, 0.4) is 0 Å². The predicted octanol–water partition coefficient (Wildman–Crippen LogP) is 8.21. The van der Waals surface area contributed by atoms with Gasteiger partial charge in [0.05, 0.1) is 5.69 Å². The zero-order chi connectivity index (χ0) is 21.7. The van der Waals surface area contributed by atoms with Gasteiger partial charge in [0.2, 0.25) is 0 Å². The Balaban J connectivity index is 1.84. The molecule has 0 fully saturated rings. The molecule has 0 bridgehead atoms. The fourth-order valence-electron chi connectivity index (χ4n) is 4.14. The zero-order valence-electron chi connectivity index (χ0n) is 19.4. The van der Waals surface area contributed by atoms with E-state index < -0.39 is 0 Å². The normalized spacial score (nSPS) is 10.6. The zero-order valence-corrected chi connectivity index (χ0v) is 19.4. The highest BCUT2D eigenvalue weighted by Gasteiger charge is 2.10. The molecule has 0 heterocycles. The molecular formula is C30H37N. The van der Waals surface area contributed by atoms with Crippen molar-refractivity contribution in [3.8, 4) is 11.8 Å². The highest BCUT2D eigenvalue weighted by atomic mass is 15.1. The van der Waals surface area contributed by atoms with Gasteiger partial charge in [0.15, 0.2) is 0 Å². The second-order valence-electron chi connectivity index (χ2n) is 8.40. The largest absolute Gasteiger partial charge is 0.371 e. The molecule has 0 radical (unpaired) electrons. The van der Waals surface area contributed by atoms with Gasteiger partial charge in [-0.3, -0.25) is 0 Å². The molecule has 3 rings (SSSR count). The van der Waals surface area contributed by atoms with Crippen LogP contribution < -0.4 is 4.90 Å². The minimum absolute atomic E-state index is 1.10. The van der Waals surface area contributed by atoms with Crippen molar-refractivity contribution in [3.63, 3.8) is 0 Å². The number of anilines is 1. The number of rotatable bonds is 11. The minimum Gasteiger partial charge on any atom is -0.371 e. The van der Waals surface area contributed by atoms with Gasteiger partial charge in [0.1, 0.15) is 0 Å². The second-order valence-corrected chi connectivity index (χ2v) is 8.40. The van der Waals surface area contributed by atoms with E-state index in [1.54, 1.807) is 0 Å². The van der Waals surface area contributed by atoms with Gasteiger partial charge in [0, 0.05) is 24.2 Å². The standard InChI is InChI=1S/C30H37N/c1-3-5-7-13-24-31(25-14-8-6-4-2)30-21-12-10-17-28(30)23-22-27-19-15-18-26-16-9-11-20-29(26)27/h9-12,15-21H,3-8,13-14,24-25H2,1-2H3. The molecule has 162 valence electrons. The van der Waals surface area contributed by atoms with Gasteiger partial charge < -0.3 is 4.90 Å². The molecule has 0 saturated heterocycles. The molecular weight excluding hydrogens is 374 g/mol. The summed E-state index contributed by atoms with van der Waals surface area (Å²) in [4.78, 5) is 2.58. The maximum absolute atomic E-state index is 3.51. The van der Waals surface area contributed by atoms with Crippen LogP contribution in [0.2, 0.25) is 0 Å². The summed E-state index contributed by atoms with van der Waals surface area (Å²) >= 11 is 0. The smallest absolute Gasteiger partial charge is 0.0525 e. The number of nitrogens with zero attached hydrogens (tertiary/aromatic N) is 1. The summed E-state index contributed by atoms with van der Waals surface area (Å²) < 4.78 is 0. The first kappa shape index (κ1) is 23.0. The van der Waals surface area contributed by atoms with Crippen LogP contribution in [0.4, 0.5) is 5.69 Å². The lowest BCUT2D eigenvalue weighted by Crippen LogP contribution is -2.26. The quantitative estimate of drug-likeness (QED) is 0.227. The van der Waals surface area contributed by atoms with Gasteiger partial charge in [-0.05, 0) is 41.8 Å². The number of hydrogen-bond acceptors (Lipinski definition) is 1. The molecule has 0 amide bonds. The first-order chi connectivity index (χ1) is 15.3. The van der Waals surface area contributed by atoms with E-state index in [0.29, 0.717) is 0 Å². The molecule has 0 aliphatic heterocycles. The molecule has 0 N–H and O–H groups in total. The monoisotopic (exact) mass is 411 g/mol. The van der Waals surface area contributed by atoms with Crippen LogP contribution >= 0.6 is 0 Å². The highest BCUT2D eigenvalue weighted by Crippen LogP contribution is 2.23. The van der Waals surface area contributed by atoms with Crippen LogP contribution in [-0.2, 0) is 0 Å². The molecule has 3 aromatic carbocycles. The van der Waals surface area contributed by atoms with Crippen molar-refractivity contribution in [2.75, 3.05) is 18.0 Å². The van der Waals surface area contributed by atoms with Gasteiger partial charge in [0.25, 0.3) is 0 Å². The number of para-hydroxylation sites is 1. The lowest BCUT2D eigenvalue weighted by molar-refractivity contribution is 0.608. The third-order valence-corrected chi connectivity index (χ3v) is 5.93. The Morgan fingerprint density at radius 1 is 0.581 bits per heavy atom. The average molecular weight is 412 g/mol. The number of unbranched alkanes of at least 4 members (excludes halogenated alkanes) is 6. The maximum atomic E-state index is 3.51. The van der Waals surface area contributed by atoms with E-state index in [2.05, 4.69) is 97.3 Å². The highest BCUT2D eigenvalue weighted by molar-refractivity contribution is 5.88. The summed E-state index contributed by atoms with van der Waals surface area (Å²) in [5, 5.41) is 2.47. The maximum Gasteiger partial charge on any atom is 0.0525 e. The lowest BCUT2D eigenvalue weighted by Gasteiger charge is -2.26. The van der Waals surface area contributed by atoms with E-state index >= 15 is 0 Å². The van der Waals surface area contributed by atoms with Crippen LogP contribution in [0.5, 0.6) is 0 Å². The number of hydrogen-bond donors (Lipinski definition) is 0. The van der Waals surface area contributed by atoms with Crippen molar-refractivity contribution >= 4 is 16.5 Å². The Bertz CT molecular complexity index is 974. The van der Waals surface area contributed by atoms with Crippen molar-refractivity contribution in [2.45, 2.75) is 65.2 Å². The first-order valence-corrected chi connectivity index (χ1v) is 12.2. The van der Waals surface area contributed by atoms with Gasteiger partial charge in [-0.25, -0.2) is 0 Å². The molecule has 0 atom stereocenters. The summed E-state index contributed by atoms with van der Waals surface area (Å²) in [7, 11) is 0. The Morgan fingerprint density at radius 2 is 1.16 bits per heavy atom. The summed E-state index contributed by atoms with van der Waals surface area (Å²) in [5.41, 5.74) is 3.54. The van der Waals surface area contributed by atoms with Crippen LogP contribution in [0.1, 0.15) is 76.3 Å². The Hall–Kier alpha value is -2.72. The van der Waals surface area contributed by atoms with Crippen molar-refractivity contribution in [3.05, 3.63) is 77.9 Å². The topological polar surface area (TPSA) is 3.24 Å². The molecule has 0 aliphatic carbocycles. The summed E-state index contributed by atoms with van der Waals surface area (Å²) in [5.74, 6) is 6.99. The Morgan fingerprint density at radius 3 is 1.90 bits per heavy atom. The fraction of sp³-hybridized carbons (Fsp3) is 0.400. The SMILES string of the molecule is CCCCCCN(CCCCCC)c1ccccc1C#Cc1cccc2ccccc12. The number of fused-ring (bicyclic) bond motifs is 1. The molecule has 1 heteroatoms. The van der Waals surface area contributed by atoms with Gasteiger partial charge in [-0.1, -0.05) is 113 Å². The summed E-state index contributed by atoms with van der Waals surface area (Å²) in [6, 6.07) is 23.6. The van der Waals surface area contributed by atoms with Crippen LogP contribution in [0.25, 0.3) is 10.8 Å². The average Bonchev–Trinajstić information content (AvgIpc) is 2.82. The van der Waals surface area contributed by atoms with E-state index in [1.165, 1.54) is 67.8 Å². The van der Waals surface area contributed by atoms with Crippen LogP contribution in [-0.4, -0.2) is 13.1 Å². The van der Waals surface area contributed by atoms with E-state index in [4.69, 9.17) is 0 Å². The van der Waals surface area contributed by atoms with E-state index in [1.807, 2.05) is 0 Å². The molecule has 0 aromatic heterocycles. The van der Waals surface area contributed by atoms with Crippen LogP contribution in [0, 0.1) is 11.8 Å². The molecule has 31 heavy (non-hydrogen) atoms. The van der Waals surface area contributed by atoms with E-state index in [-0.39, 0.29) is 0 Å². The molecule has 1 nitrogen and oxygen atoms in total. The van der Waals surface area contributed by atoms with Gasteiger partial charge >= 0.3 is 0 Å². The molecule has 0 unspecified atom stereocenters. The fourth-order valence-corrected chi connectivity index (χ4v) is 4.14. The predicted molar refractivity (Wildman–Crippen MR) is 137 cm³/mol. The molecule has 3 aromatic rings. The van der Waals surface area contributed by atoms with Crippen molar-refractivity contribution < 1.29 is 0 Å². The third kappa shape index (κ3) is 6.90. The lowest BCUT2D eigenvalue weighted by atomic mass is 10.0. The molecule has 0 spiro atoms. The van der Waals surface area contributed by atoms with Crippen molar-refractivity contribution in [1.82, 2.24) is 0 Å². The van der Waals surface area contributed by atoms with Crippen molar-refractivity contribution in [1.29, 1.82) is 0 Å². The molecule has 0 aliphatic rings. The van der Waals surface area contributed by atoms with E-state index in [0.717, 1.165) is 24.2 Å². The number of benzene rings is 3. The Labute approximate surface area is 189 Å².